The van der Waals surface area contributed by atoms with Crippen molar-refractivity contribution in [3.63, 3.8) is 0 Å². The van der Waals surface area contributed by atoms with Crippen LogP contribution in [-0.4, -0.2) is 23.8 Å². The van der Waals surface area contributed by atoms with Gasteiger partial charge in [-0.3, -0.25) is 14.4 Å². The normalized spacial score (nSPS) is 11.5. The van der Waals surface area contributed by atoms with Crippen molar-refractivity contribution in [3.8, 4) is 0 Å². The number of primary amides is 1. The van der Waals surface area contributed by atoms with Gasteiger partial charge in [-0.05, 0) is 17.7 Å². The van der Waals surface area contributed by atoms with Crippen molar-refractivity contribution in [3.05, 3.63) is 71.3 Å². The first-order valence-corrected chi connectivity index (χ1v) is 8.08. The van der Waals surface area contributed by atoms with Crippen LogP contribution in [0.15, 0.2) is 48.5 Å². The molecule has 0 unspecified atom stereocenters. The Morgan fingerprint density at radius 1 is 1.00 bits per heavy atom. The molecule has 142 valence electrons. The molecule has 0 aliphatic rings. The predicted molar refractivity (Wildman–Crippen MR) is 92.0 cm³/mol. The fraction of sp³-hybridized carbons (Fsp3) is 0.211. The molecule has 0 aliphatic carbocycles. The molecule has 2 aromatic carbocycles. The standard InChI is InChI=1S/C19H18F2N2O4/c20-14-7-4-8-15(21)13(14)9-17(24)23-16(19(22)26)10-18(25)27-11-12-5-2-1-3-6-12/h1-8,16H,9-11H2,(H2,22,26)(H,23,24)/t16-/m1/s1. The van der Waals surface area contributed by atoms with E-state index >= 15 is 0 Å². The number of hydrogen-bond acceptors (Lipinski definition) is 4. The quantitative estimate of drug-likeness (QED) is 0.684. The van der Waals surface area contributed by atoms with E-state index in [4.69, 9.17) is 10.5 Å². The Balaban J connectivity index is 1.91. The minimum Gasteiger partial charge on any atom is -0.461 e. The summed E-state index contributed by atoms with van der Waals surface area (Å²) in [7, 11) is 0. The monoisotopic (exact) mass is 376 g/mol. The molecule has 0 saturated heterocycles. The summed E-state index contributed by atoms with van der Waals surface area (Å²) in [4.78, 5) is 35.3. The van der Waals surface area contributed by atoms with E-state index in [0.717, 1.165) is 17.7 Å². The fourth-order valence-electron chi connectivity index (χ4n) is 2.29. The molecule has 0 spiro atoms. The maximum Gasteiger partial charge on any atom is 0.308 e. The molecule has 0 fully saturated rings. The Morgan fingerprint density at radius 2 is 1.63 bits per heavy atom. The smallest absolute Gasteiger partial charge is 0.308 e. The maximum atomic E-state index is 13.6. The highest BCUT2D eigenvalue weighted by molar-refractivity contribution is 5.90. The zero-order valence-corrected chi connectivity index (χ0v) is 14.3. The van der Waals surface area contributed by atoms with Crippen molar-refractivity contribution in [2.24, 2.45) is 5.73 Å². The molecule has 0 aliphatic heterocycles. The molecule has 0 saturated carbocycles. The highest BCUT2D eigenvalue weighted by atomic mass is 19.1. The van der Waals surface area contributed by atoms with Gasteiger partial charge in [0, 0.05) is 5.56 Å². The summed E-state index contributed by atoms with van der Waals surface area (Å²) in [6, 6.07) is 10.7. The molecular formula is C19H18F2N2O4. The van der Waals surface area contributed by atoms with Crippen LogP contribution in [-0.2, 0) is 32.1 Å². The van der Waals surface area contributed by atoms with Crippen LogP contribution in [0, 0.1) is 11.6 Å². The zero-order valence-electron chi connectivity index (χ0n) is 14.3. The number of rotatable bonds is 8. The number of esters is 1. The van der Waals surface area contributed by atoms with Crippen LogP contribution < -0.4 is 11.1 Å². The molecule has 6 nitrogen and oxygen atoms in total. The van der Waals surface area contributed by atoms with Crippen molar-refractivity contribution < 1.29 is 27.9 Å². The van der Waals surface area contributed by atoms with Crippen molar-refractivity contribution in [2.45, 2.75) is 25.5 Å². The van der Waals surface area contributed by atoms with Gasteiger partial charge in [0.25, 0.3) is 0 Å². The Hall–Kier alpha value is -3.29. The van der Waals surface area contributed by atoms with Gasteiger partial charge >= 0.3 is 5.97 Å². The van der Waals surface area contributed by atoms with Crippen LogP contribution in [0.3, 0.4) is 0 Å². The summed E-state index contributed by atoms with van der Waals surface area (Å²) in [6.07, 6.45) is -1.13. The average molecular weight is 376 g/mol. The number of ether oxygens (including phenoxy) is 1. The molecular weight excluding hydrogens is 358 g/mol. The summed E-state index contributed by atoms with van der Waals surface area (Å²) in [5.74, 6) is -4.33. The third-order valence-corrected chi connectivity index (χ3v) is 3.69. The number of carbonyl (C=O) groups excluding carboxylic acids is 3. The van der Waals surface area contributed by atoms with Crippen LogP contribution in [0.2, 0.25) is 0 Å². The molecule has 2 amide bonds. The second-order valence-electron chi connectivity index (χ2n) is 5.75. The van der Waals surface area contributed by atoms with Gasteiger partial charge in [-0.2, -0.15) is 0 Å². The number of benzene rings is 2. The Morgan fingerprint density at radius 3 is 2.22 bits per heavy atom. The number of halogens is 2. The summed E-state index contributed by atoms with van der Waals surface area (Å²) >= 11 is 0. The van der Waals surface area contributed by atoms with Crippen LogP contribution in [0.4, 0.5) is 8.78 Å². The minimum absolute atomic E-state index is 0.000457. The Bertz CT molecular complexity index is 807. The summed E-state index contributed by atoms with van der Waals surface area (Å²) in [5, 5.41) is 2.20. The van der Waals surface area contributed by atoms with E-state index in [1.807, 2.05) is 6.07 Å². The lowest BCUT2D eigenvalue weighted by Gasteiger charge is -2.15. The molecule has 3 N–H and O–H groups in total. The van der Waals surface area contributed by atoms with Gasteiger partial charge in [-0.15, -0.1) is 0 Å². The molecule has 0 heterocycles. The van der Waals surface area contributed by atoms with E-state index in [2.05, 4.69) is 5.32 Å². The molecule has 0 aromatic heterocycles. The van der Waals surface area contributed by atoms with Crippen molar-refractivity contribution in [2.75, 3.05) is 0 Å². The molecule has 0 bridgehead atoms. The molecule has 27 heavy (non-hydrogen) atoms. The first kappa shape index (κ1) is 20.0. The summed E-state index contributed by atoms with van der Waals surface area (Å²) in [6.45, 7) is -0.000457. The number of nitrogens with one attached hydrogen (secondary N) is 1. The third-order valence-electron chi connectivity index (χ3n) is 3.69. The number of nitrogens with two attached hydrogens (primary N) is 1. The van der Waals surface area contributed by atoms with E-state index in [0.29, 0.717) is 0 Å². The van der Waals surface area contributed by atoms with E-state index < -0.39 is 53.9 Å². The van der Waals surface area contributed by atoms with E-state index in [1.165, 1.54) is 6.07 Å². The molecule has 2 rings (SSSR count). The van der Waals surface area contributed by atoms with Gasteiger partial charge in [-0.1, -0.05) is 36.4 Å². The van der Waals surface area contributed by atoms with Crippen LogP contribution in [0.5, 0.6) is 0 Å². The van der Waals surface area contributed by atoms with Gasteiger partial charge < -0.3 is 15.8 Å². The summed E-state index contributed by atoms with van der Waals surface area (Å²) in [5.41, 5.74) is 5.49. The average Bonchev–Trinajstić information content (AvgIpc) is 2.63. The zero-order chi connectivity index (χ0) is 19.8. The van der Waals surface area contributed by atoms with Gasteiger partial charge in [0.1, 0.15) is 24.3 Å². The van der Waals surface area contributed by atoms with Gasteiger partial charge in [0.2, 0.25) is 11.8 Å². The van der Waals surface area contributed by atoms with Crippen molar-refractivity contribution >= 4 is 17.8 Å². The second-order valence-corrected chi connectivity index (χ2v) is 5.75. The van der Waals surface area contributed by atoms with Crippen LogP contribution in [0.1, 0.15) is 17.5 Å². The van der Waals surface area contributed by atoms with Gasteiger partial charge in [0.05, 0.1) is 12.8 Å². The van der Waals surface area contributed by atoms with E-state index in [9.17, 15) is 23.2 Å². The van der Waals surface area contributed by atoms with Crippen molar-refractivity contribution in [1.29, 1.82) is 0 Å². The largest absolute Gasteiger partial charge is 0.461 e. The predicted octanol–water partition coefficient (Wildman–Crippen LogP) is 1.61. The van der Waals surface area contributed by atoms with Gasteiger partial charge in [-0.25, -0.2) is 8.78 Å². The Kier molecular flexibility index (Phi) is 6.99. The molecule has 0 radical (unpaired) electrons. The summed E-state index contributed by atoms with van der Waals surface area (Å²) < 4.78 is 32.2. The van der Waals surface area contributed by atoms with E-state index in [-0.39, 0.29) is 6.61 Å². The van der Waals surface area contributed by atoms with Crippen LogP contribution in [0.25, 0.3) is 0 Å². The first-order chi connectivity index (χ1) is 12.9. The second kappa shape index (κ2) is 9.42. The lowest BCUT2D eigenvalue weighted by atomic mass is 10.1. The Labute approximate surface area is 154 Å². The fourth-order valence-corrected chi connectivity index (χ4v) is 2.29. The lowest BCUT2D eigenvalue weighted by molar-refractivity contribution is -0.147. The first-order valence-electron chi connectivity index (χ1n) is 8.08. The number of amides is 2. The highest BCUT2D eigenvalue weighted by Crippen LogP contribution is 2.13. The minimum atomic E-state index is -1.35. The topological polar surface area (TPSA) is 98.5 Å². The van der Waals surface area contributed by atoms with Crippen molar-refractivity contribution in [1.82, 2.24) is 5.32 Å². The number of carbonyl (C=O) groups is 3. The molecule has 2 aromatic rings. The third kappa shape index (κ3) is 6.18. The SMILES string of the molecule is NC(=O)[C@@H](CC(=O)OCc1ccccc1)NC(=O)Cc1c(F)cccc1F. The highest BCUT2D eigenvalue weighted by Gasteiger charge is 2.23. The molecule has 8 heteroatoms. The van der Waals surface area contributed by atoms with Gasteiger partial charge in [0.15, 0.2) is 0 Å². The number of hydrogen-bond donors (Lipinski definition) is 2. The van der Waals surface area contributed by atoms with Crippen LogP contribution >= 0.6 is 0 Å². The van der Waals surface area contributed by atoms with E-state index in [1.54, 1.807) is 24.3 Å². The molecule has 1 atom stereocenters. The lowest BCUT2D eigenvalue weighted by Crippen LogP contribution is -2.46. The maximum absolute atomic E-state index is 13.6.